The predicted molar refractivity (Wildman–Crippen MR) is 220 cm³/mol. The Morgan fingerprint density at radius 1 is 0.400 bits per heavy atom. The molecule has 0 aromatic heterocycles. The van der Waals surface area contributed by atoms with Crippen molar-refractivity contribution in [1.82, 2.24) is 0 Å². The quantitative estimate of drug-likeness (QED) is 0.0673. The Kier molecular flexibility index (Phi) is 33.4. The predicted octanol–water partition coefficient (Wildman–Crippen LogP) is 16.3. The Balaban J connectivity index is 2.08. The van der Waals surface area contributed by atoms with Gasteiger partial charge in [0.2, 0.25) is 0 Å². The molecule has 0 fully saturated rings. The molecular weight excluding hydrogens is 613 g/mol. The minimum atomic E-state index is -1.03. The molecule has 1 rings (SSSR count). The number of carboxylic acids is 1. The lowest BCUT2D eigenvalue weighted by molar-refractivity contribution is 0.0693. The smallest absolute Gasteiger partial charge is 0.339 e. The van der Waals surface area contributed by atoms with Crippen LogP contribution in [0, 0.1) is 0 Å². The van der Waals surface area contributed by atoms with Gasteiger partial charge >= 0.3 is 5.97 Å². The Labute approximate surface area is 312 Å². The van der Waals surface area contributed by atoms with Crippen molar-refractivity contribution in [3.8, 4) is 5.75 Å². The minimum absolute atomic E-state index is 0.0179. The number of hydrogen-bond donors (Lipinski definition) is 2. The van der Waals surface area contributed by atoms with Crippen molar-refractivity contribution in [3.63, 3.8) is 0 Å². The van der Waals surface area contributed by atoms with Crippen molar-refractivity contribution in [2.45, 2.75) is 258 Å². The molecule has 0 spiro atoms. The van der Waals surface area contributed by atoms with Crippen molar-refractivity contribution in [2.75, 3.05) is 0 Å². The monoisotopic (exact) mass is 699 g/mol. The summed E-state index contributed by atoms with van der Waals surface area (Å²) >= 11 is 0. The summed E-state index contributed by atoms with van der Waals surface area (Å²) in [6, 6.07) is 3.58. The van der Waals surface area contributed by atoms with Gasteiger partial charge in [0.25, 0.3) is 0 Å². The highest BCUT2D eigenvalue weighted by atomic mass is 16.4. The highest BCUT2D eigenvalue weighted by molar-refractivity contribution is 5.91. The lowest BCUT2D eigenvalue weighted by atomic mass is 9.93. The average Bonchev–Trinajstić information content (AvgIpc) is 3.11. The van der Waals surface area contributed by atoms with Gasteiger partial charge in [-0.1, -0.05) is 238 Å². The lowest BCUT2D eigenvalue weighted by Gasteiger charge is -2.14. The summed E-state index contributed by atoms with van der Waals surface area (Å²) in [5, 5.41) is 20.4. The maximum atomic E-state index is 11.7. The van der Waals surface area contributed by atoms with Crippen LogP contribution in [0.1, 0.15) is 266 Å². The summed E-state index contributed by atoms with van der Waals surface area (Å²) in [4.78, 5) is 11.7. The van der Waals surface area contributed by atoms with Gasteiger partial charge in [-0.25, -0.2) is 4.79 Å². The van der Waals surface area contributed by atoms with Crippen LogP contribution >= 0.6 is 0 Å². The van der Waals surface area contributed by atoms with Crippen molar-refractivity contribution >= 4 is 5.97 Å². The largest absolute Gasteiger partial charge is 0.507 e. The normalized spacial score (nSPS) is 11.5. The molecule has 0 amide bonds. The molecule has 0 heterocycles. The van der Waals surface area contributed by atoms with Crippen LogP contribution in [0.25, 0.3) is 0 Å². The third kappa shape index (κ3) is 27.2. The van der Waals surface area contributed by atoms with Crippen LogP contribution < -0.4 is 0 Å². The first-order valence-corrected chi connectivity index (χ1v) is 22.7. The Hall–Kier alpha value is -1.51. The number of rotatable bonds is 39. The van der Waals surface area contributed by atoms with Gasteiger partial charge in [-0.3, -0.25) is 0 Å². The molecule has 0 saturated carbocycles. The Morgan fingerprint density at radius 2 is 0.660 bits per heavy atom. The molecule has 0 atom stereocenters. The van der Waals surface area contributed by atoms with Crippen LogP contribution in [0.3, 0.4) is 0 Å². The molecule has 2 N–H and O–H groups in total. The SMILES string of the molecule is CCCCCCCCCCCCCCCCCCCCc1ccc(C(=O)O)c(O)c1CCCCCCCCCCCCCCCCCCCC. The highest BCUT2D eigenvalue weighted by Crippen LogP contribution is 2.30. The van der Waals surface area contributed by atoms with E-state index in [4.69, 9.17) is 0 Å². The molecule has 1 aromatic rings. The molecule has 292 valence electrons. The molecule has 0 bridgehead atoms. The van der Waals surface area contributed by atoms with Crippen LogP contribution in [0.2, 0.25) is 0 Å². The zero-order valence-electron chi connectivity index (χ0n) is 33.8. The zero-order chi connectivity index (χ0) is 36.2. The van der Waals surface area contributed by atoms with E-state index in [-0.39, 0.29) is 11.3 Å². The van der Waals surface area contributed by atoms with E-state index in [0.717, 1.165) is 43.2 Å². The number of carbonyl (C=O) groups is 1. The molecule has 0 saturated heterocycles. The maximum Gasteiger partial charge on any atom is 0.339 e. The summed E-state index contributed by atoms with van der Waals surface area (Å²) in [6.07, 6.45) is 50.9. The molecule has 0 aliphatic rings. The molecule has 0 unspecified atom stereocenters. The third-order valence-corrected chi connectivity index (χ3v) is 11.2. The fourth-order valence-electron chi connectivity index (χ4n) is 7.78. The molecule has 3 nitrogen and oxygen atoms in total. The van der Waals surface area contributed by atoms with E-state index in [0.29, 0.717) is 0 Å². The fraction of sp³-hybridized carbons (Fsp3) is 0.851. The second-order valence-electron chi connectivity index (χ2n) is 15.9. The molecule has 0 aliphatic carbocycles. The van der Waals surface area contributed by atoms with Crippen LogP contribution in [0.5, 0.6) is 5.75 Å². The van der Waals surface area contributed by atoms with Gasteiger partial charge in [-0.2, -0.15) is 0 Å². The molecule has 0 radical (unpaired) electrons. The highest BCUT2D eigenvalue weighted by Gasteiger charge is 2.16. The van der Waals surface area contributed by atoms with Gasteiger partial charge in [0, 0.05) is 0 Å². The topological polar surface area (TPSA) is 57.5 Å². The summed E-state index contributed by atoms with van der Waals surface area (Å²) in [7, 11) is 0. The second kappa shape index (κ2) is 35.9. The van der Waals surface area contributed by atoms with E-state index >= 15 is 0 Å². The van der Waals surface area contributed by atoms with E-state index in [1.54, 1.807) is 6.07 Å². The van der Waals surface area contributed by atoms with Crippen molar-refractivity contribution < 1.29 is 15.0 Å². The Bertz CT molecular complexity index is 877. The van der Waals surface area contributed by atoms with E-state index in [2.05, 4.69) is 13.8 Å². The van der Waals surface area contributed by atoms with Crippen LogP contribution in [0.15, 0.2) is 12.1 Å². The Morgan fingerprint density at radius 3 is 0.940 bits per heavy atom. The number of phenols is 1. The van der Waals surface area contributed by atoms with Gasteiger partial charge in [0.05, 0.1) is 0 Å². The summed E-state index contributed by atoms with van der Waals surface area (Å²) < 4.78 is 0. The van der Waals surface area contributed by atoms with Gasteiger partial charge in [0.1, 0.15) is 11.3 Å². The second-order valence-corrected chi connectivity index (χ2v) is 15.9. The van der Waals surface area contributed by atoms with Gasteiger partial charge in [-0.15, -0.1) is 0 Å². The number of carboxylic acid groups (broad SMARTS) is 1. The van der Waals surface area contributed by atoms with E-state index in [1.807, 2.05) is 6.07 Å². The number of aromatic hydroxyl groups is 1. The first kappa shape index (κ1) is 46.5. The number of aryl methyl sites for hydroxylation is 1. The minimum Gasteiger partial charge on any atom is -0.507 e. The number of hydrogen-bond acceptors (Lipinski definition) is 2. The van der Waals surface area contributed by atoms with Crippen molar-refractivity contribution in [1.29, 1.82) is 0 Å². The van der Waals surface area contributed by atoms with Gasteiger partial charge < -0.3 is 10.2 Å². The first-order chi connectivity index (χ1) is 24.6. The molecular formula is C47H86O3. The molecule has 1 aromatic carbocycles. The zero-order valence-corrected chi connectivity index (χ0v) is 33.8. The van der Waals surface area contributed by atoms with Crippen molar-refractivity contribution in [3.05, 3.63) is 28.8 Å². The van der Waals surface area contributed by atoms with Crippen molar-refractivity contribution in [2.24, 2.45) is 0 Å². The molecule has 50 heavy (non-hydrogen) atoms. The number of aromatic carboxylic acids is 1. The van der Waals surface area contributed by atoms with Crippen LogP contribution in [0.4, 0.5) is 0 Å². The summed E-state index contributed by atoms with van der Waals surface area (Å²) in [6.45, 7) is 4.58. The van der Waals surface area contributed by atoms with Gasteiger partial charge in [-0.05, 0) is 42.9 Å². The summed E-state index contributed by atoms with van der Waals surface area (Å²) in [5.41, 5.74) is 2.12. The standard InChI is InChI=1S/C47H86O3/c1-3-5-7-9-11-13-15-17-19-21-23-25-27-29-31-33-35-37-39-43-41-42-45(47(49)50)46(48)44(43)40-38-36-34-32-30-28-26-24-22-20-18-16-14-12-10-8-6-4-2/h41-42,48H,3-40H2,1-2H3,(H,49,50). The van der Waals surface area contributed by atoms with E-state index in [9.17, 15) is 15.0 Å². The number of benzene rings is 1. The fourth-order valence-corrected chi connectivity index (χ4v) is 7.78. The molecule has 0 aliphatic heterocycles. The van der Waals surface area contributed by atoms with Gasteiger partial charge in [0.15, 0.2) is 0 Å². The van der Waals surface area contributed by atoms with Crippen LogP contribution in [-0.2, 0) is 12.8 Å². The van der Waals surface area contributed by atoms with E-state index < -0.39 is 5.97 Å². The molecule has 3 heteroatoms. The number of unbranched alkanes of at least 4 members (excludes halogenated alkanes) is 34. The van der Waals surface area contributed by atoms with E-state index in [1.165, 1.54) is 212 Å². The lowest BCUT2D eigenvalue weighted by Crippen LogP contribution is -2.03. The first-order valence-electron chi connectivity index (χ1n) is 22.7. The maximum absolute atomic E-state index is 11.7. The third-order valence-electron chi connectivity index (χ3n) is 11.2. The average molecular weight is 699 g/mol. The summed E-state index contributed by atoms with van der Waals surface area (Å²) in [5.74, 6) is -1.01. The van der Waals surface area contributed by atoms with Crippen LogP contribution in [-0.4, -0.2) is 16.2 Å².